The molecule has 0 amide bonds. The Kier molecular flexibility index (Phi) is 9.00. The molecular weight excluding hydrogens is 342 g/mol. The Hall–Kier alpha value is -2.73. The molecular formula is C21H29N3O3. The van der Waals surface area contributed by atoms with Gasteiger partial charge in [0.15, 0.2) is 17.5 Å². The van der Waals surface area contributed by atoms with Crippen LogP contribution < -0.4 is 20.1 Å². The van der Waals surface area contributed by atoms with Crippen LogP contribution in [0.4, 0.5) is 0 Å². The van der Waals surface area contributed by atoms with Crippen LogP contribution in [0.1, 0.15) is 18.1 Å². The molecule has 0 aromatic heterocycles. The van der Waals surface area contributed by atoms with Gasteiger partial charge in [-0.15, -0.1) is 0 Å². The van der Waals surface area contributed by atoms with Crippen molar-refractivity contribution in [1.29, 1.82) is 0 Å². The summed E-state index contributed by atoms with van der Waals surface area (Å²) in [7, 11) is 3.33. The van der Waals surface area contributed by atoms with Crippen molar-refractivity contribution in [2.45, 2.75) is 20.1 Å². The molecule has 2 N–H and O–H groups in total. The van der Waals surface area contributed by atoms with E-state index in [0.717, 1.165) is 29.4 Å². The minimum atomic E-state index is 0.503. The zero-order valence-corrected chi connectivity index (χ0v) is 16.3. The highest BCUT2D eigenvalue weighted by Crippen LogP contribution is 2.29. The monoisotopic (exact) mass is 371 g/mol. The van der Waals surface area contributed by atoms with Crippen LogP contribution in [-0.4, -0.2) is 39.9 Å². The lowest BCUT2D eigenvalue weighted by Crippen LogP contribution is -2.38. The molecule has 6 heteroatoms. The molecule has 0 saturated carbocycles. The molecule has 0 bridgehead atoms. The van der Waals surface area contributed by atoms with Gasteiger partial charge >= 0.3 is 0 Å². The van der Waals surface area contributed by atoms with Crippen molar-refractivity contribution in [1.82, 2.24) is 10.6 Å². The van der Waals surface area contributed by atoms with Gasteiger partial charge in [0.2, 0.25) is 0 Å². The molecule has 0 radical (unpaired) electrons. The fourth-order valence-corrected chi connectivity index (χ4v) is 2.45. The third-order valence-electron chi connectivity index (χ3n) is 3.83. The maximum Gasteiger partial charge on any atom is 0.191 e. The standard InChI is InChI=1S/C21H29N3O3/c1-4-22-21(23-12-13-25-2)24-15-18-10-11-19(20(14-18)26-3)27-16-17-8-6-5-7-9-17/h5-11,14H,4,12-13,15-16H2,1-3H3,(H2,22,23,24). The fraction of sp³-hybridized carbons (Fsp3) is 0.381. The average Bonchev–Trinajstić information content (AvgIpc) is 2.71. The molecule has 2 aromatic rings. The number of methoxy groups -OCH3 is 2. The van der Waals surface area contributed by atoms with Gasteiger partial charge in [0.25, 0.3) is 0 Å². The van der Waals surface area contributed by atoms with E-state index in [2.05, 4.69) is 15.6 Å². The number of aliphatic imine (C=N–C) groups is 1. The number of benzene rings is 2. The summed E-state index contributed by atoms with van der Waals surface area (Å²) in [6.45, 7) is 5.22. The van der Waals surface area contributed by atoms with Crippen molar-refractivity contribution < 1.29 is 14.2 Å². The molecule has 2 rings (SSSR count). The zero-order valence-electron chi connectivity index (χ0n) is 16.3. The van der Waals surface area contributed by atoms with E-state index in [1.807, 2.05) is 55.5 Å². The topological polar surface area (TPSA) is 64.1 Å². The largest absolute Gasteiger partial charge is 0.493 e. The number of ether oxygens (including phenoxy) is 3. The van der Waals surface area contributed by atoms with Gasteiger partial charge in [0, 0.05) is 20.2 Å². The summed E-state index contributed by atoms with van der Waals surface area (Å²) >= 11 is 0. The molecule has 0 saturated heterocycles. The Morgan fingerprint density at radius 1 is 0.963 bits per heavy atom. The van der Waals surface area contributed by atoms with Crippen molar-refractivity contribution in [2.24, 2.45) is 4.99 Å². The van der Waals surface area contributed by atoms with E-state index in [0.29, 0.717) is 32.1 Å². The highest BCUT2D eigenvalue weighted by Gasteiger charge is 2.07. The smallest absolute Gasteiger partial charge is 0.191 e. The Labute approximate surface area is 161 Å². The van der Waals surface area contributed by atoms with Crippen molar-refractivity contribution in [2.75, 3.05) is 33.9 Å². The quantitative estimate of drug-likeness (QED) is 0.382. The minimum Gasteiger partial charge on any atom is -0.493 e. The number of hydrogen-bond donors (Lipinski definition) is 2. The van der Waals surface area contributed by atoms with Gasteiger partial charge in [0.05, 0.1) is 20.3 Å². The van der Waals surface area contributed by atoms with Gasteiger partial charge in [-0.05, 0) is 30.2 Å². The number of guanidine groups is 1. The number of rotatable bonds is 10. The van der Waals surface area contributed by atoms with Crippen molar-refractivity contribution >= 4 is 5.96 Å². The van der Waals surface area contributed by atoms with E-state index in [9.17, 15) is 0 Å². The van der Waals surface area contributed by atoms with Crippen molar-refractivity contribution in [3.05, 3.63) is 59.7 Å². The second-order valence-corrected chi connectivity index (χ2v) is 5.87. The summed E-state index contributed by atoms with van der Waals surface area (Å²) in [5, 5.41) is 6.45. The molecule has 0 unspecified atom stereocenters. The Balaban J connectivity index is 1.99. The first-order chi connectivity index (χ1) is 13.3. The Morgan fingerprint density at radius 3 is 2.48 bits per heavy atom. The second kappa shape index (κ2) is 11.8. The van der Waals surface area contributed by atoms with Gasteiger partial charge in [-0.3, -0.25) is 0 Å². The number of nitrogens with zero attached hydrogens (tertiary/aromatic N) is 1. The van der Waals surface area contributed by atoms with Crippen LogP contribution >= 0.6 is 0 Å². The molecule has 0 aliphatic heterocycles. The Morgan fingerprint density at radius 2 is 1.78 bits per heavy atom. The zero-order chi connectivity index (χ0) is 19.3. The first-order valence-electron chi connectivity index (χ1n) is 9.11. The maximum atomic E-state index is 5.90. The molecule has 2 aromatic carbocycles. The van der Waals surface area contributed by atoms with E-state index in [1.54, 1.807) is 14.2 Å². The van der Waals surface area contributed by atoms with E-state index < -0.39 is 0 Å². The predicted octanol–water partition coefficient (Wildman–Crippen LogP) is 2.98. The highest BCUT2D eigenvalue weighted by atomic mass is 16.5. The van der Waals surface area contributed by atoms with E-state index in [1.165, 1.54) is 0 Å². The molecule has 0 aliphatic rings. The van der Waals surface area contributed by atoms with E-state index in [-0.39, 0.29) is 0 Å². The van der Waals surface area contributed by atoms with Crippen LogP contribution in [-0.2, 0) is 17.9 Å². The van der Waals surface area contributed by atoms with Crippen LogP contribution in [0.5, 0.6) is 11.5 Å². The van der Waals surface area contributed by atoms with Gasteiger partial charge in [0.1, 0.15) is 6.61 Å². The van der Waals surface area contributed by atoms with Crippen molar-refractivity contribution in [3.63, 3.8) is 0 Å². The third kappa shape index (κ3) is 7.19. The first-order valence-corrected chi connectivity index (χ1v) is 9.11. The van der Waals surface area contributed by atoms with E-state index in [4.69, 9.17) is 14.2 Å². The Bertz CT molecular complexity index is 705. The first kappa shape index (κ1) is 20.6. The van der Waals surface area contributed by atoms with Gasteiger partial charge in [-0.25, -0.2) is 4.99 Å². The SMILES string of the molecule is CCNC(=NCc1ccc(OCc2ccccc2)c(OC)c1)NCCOC. The molecule has 0 spiro atoms. The number of hydrogen-bond acceptors (Lipinski definition) is 4. The molecule has 27 heavy (non-hydrogen) atoms. The second-order valence-electron chi connectivity index (χ2n) is 5.87. The average molecular weight is 371 g/mol. The van der Waals surface area contributed by atoms with Crippen LogP contribution in [0.3, 0.4) is 0 Å². The highest BCUT2D eigenvalue weighted by molar-refractivity contribution is 5.79. The van der Waals surface area contributed by atoms with Gasteiger partial charge in [-0.1, -0.05) is 36.4 Å². The van der Waals surface area contributed by atoms with Gasteiger partial charge < -0.3 is 24.8 Å². The summed E-state index contributed by atoms with van der Waals surface area (Å²) in [5.41, 5.74) is 2.16. The fourth-order valence-electron chi connectivity index (χ4n) is 2.45. The lowest BCUT2D eigenvalue weighted by atomic mass is 10.2. The molecule has 0 fully saturated rings. The summed E-state index contributed by atoms with van der Waals surface area (Å²) in [5.74, 6) is 2.19. The molecule has 146 valence electrons. The van der Waals surface area contributed by atoms with Crippen LogP contribution in [0, 0.1) is 0 Å². The molecule has 0 atom stereocenters. The van der Waals surface area contributed by atoms with Crippen molar-refractivity contribution in [3.8, 4) is 11.5 Å². The van der Waals surface area contributed by atoms with E-state index >= 15 is 0 Å². The molecule has 6 nitrogen and oxygen atoms in total. The van der Waals surface area contributed by atoms with Crippen LogP contribution in [0.15, 0.2) is 53.5 Å². The summed E-state index contributed by atoms with van der Waals surface area (Å²) in [6, 6.07) is 16.0. The summed E-state index contributed by atoms with van der Waals surface area (Å²) in [4.78, 5) is 4.60. The normalized spacial score (nSPS) is 11.1. The van der Waals surface area contributed by atoms with Crippen LogP contribution in [0.2, 0.25) is 0 Å². The summed E-state index contributed by atoms with van der Waals surface area (Å²) in [6.07, 6.45) is 0. The molecule has 0 aliphatic carbocycles. The predicted molar refractivity (Wildman–Crippen MR) is 108 cm³/mol. The third-order valence-corrected chi connectivity index (χ3v) is 3.83. The lowest BCUT2D eigenvalue weighted by molar-refractivity contribution is 0.203. The lowest BCUT2D eigenvalue weighted by Gasteiger charge is -2.13. The maximum absolute atomic E-state index is 5.90. The molecule has 0 heterocycles. The van der Waals surface area contributed by atoms with Gasteiger partial charge in [-0.2, -0.15) is 0 Å². The summed E-state index contributed by atoms with van der Waals surface area (Å²) < 4.78 is 16.4. The minimum absolute atomic E-state index is 0.503. The number of nitrogens with one attached hydrogen (secondary N) is 2. The van der Waals surface area contributed by atoms with Crippen LogP contribution in [0.25, 0.3) is 0 Å².